The Morgan fingerprint density at radius 1 is 1.21 bits per heavy atom. The molecule has 1 unspecified atom stereocenters. The van der Waals surface area contributed by atoms with Crippen molar-refractivity contribution in [1.82, 2.24) is 14.7 Å². The third kappa shape index (κ3) is 8.53. The number of hydrogen-bond acceptors (Lipinski definition) is 4. The Hall–Kier alpha value is -1.71. The summed E-state index contributed by atoms with van der Waals surface area (Å²) >= 11 is 0. The predicted octanol–water partition coefficient (Wildman–Crippen LogP) is 2.62. The molecule has 0 spiro atoms. The molecule has 1 heterocycles. The van der Waals surface area contributed by atoms with Crippen molar-refractivity contribution in [1.29, 1.82) is 0 Å². The van der Waals surface area contributed by atoms with E-state index >= 15 is 0 Å². The van der Waals surface area contributed by atoms with Gasteiger partial charge in [-0.25, -0.2) is 4.39 Å². The summed E-state index contributed by atoms with van der Waals surface area (Å²) in [5.74, 6) is 5.88. The monoisotopic (exact) mass is 395 g/mol. The van der Waals surface area contributed by atoms with Gasteiger partial charge in [-0.2, -0.15) is 0 Å². The summed E-state index contributed by atoms with van der Waals surface area (Å²) in [6, 6.07) is 0.519. The number of alkyl halides is 1. The van der Waals surface area contributed by atoms with Crippen LogP contribution in [0.15, 0.2) is 12.7 Å². The standard InChI is InChI=1S/C14H21FN2O2.C8H17N/c1-13(2,16(3)4)6-5-12(19)17-9-7-14(15,11-18)8-10-17;1-6-8(7(2)3)9(4)5/h11H,7-10H2,1-4H3;6-8H,1H2,2-5H3. The molecule has 0 radical (unpaired) electrons. The molecule has 0 aliphatic carbocycles. The molecule has 0 saturated carbocycles. The predicted molar refractivity (Wildman–Crippen MR) is 114 cm³/mol. The molecule has 0 bridgehead atoms. The van der Waals surface area contributed by atoms with Gasteiger partial charge in [-0.3, -0.25) is 14.5 Å². The molecule has 0 N–H and O–H groups in total. The van der Waals surface area contributed by atoms with Crippen LogP contribution in [0.2, 0.25) is 0 Å². The topological polar surface area (TPSA) is 43.9 Å². The fourth-order valence-electron chi connectivity index (χ4n) is 2.68. The minimum absolute atomic E-state index is 0.0565. The van der Waals surface area contributed by atoms with Gasteiger partial charge in [0.05, 0.1) is 5.54 Å². The highest BCUT2D eigenvalue weighted by atomic mass is 19.1. The van der Waals surface area contributed by atoms with Crippen molar-refractivity contribution in [3.8, 4) is 11.8 Å². The molecule has 0 aromatic carbocycles. The molecule has 1 fully saturated rings. The van der Waals surface area contributed by atoms with Crippen molar-refractivity contribution in [3.05, 3.63) is 12.7 Å². The molecule has 1 aliphatic heterocycles. The molecule has 160 valence electrons. The van der Waals surface area contributed by atoms with Crippen LogP contribution in [0.4, 0.5) is 4.39 Å². The van der Waals surface area contributed by atoms with Gasteiger partial charge in [-0.1, -0.05) is 25.8 Å². The molecule has 28 heavy (non-hydrogen) atoms. The van der Waals surface area contributed by atoms with Crippen LogP contribution < -0.4 is 0 Å². The van der Waals surface area contributed by atoms with Crippen LogP contribution in [0.5, 0.6) is 0 Å². The van der Waals surface area contributed by atoms with Gasteiger partial charge in [0.25, 0.3) is 5.91 Å². The van der Waals surface area contributed by atoms with E-state index in [1.807, 2.05) is 38.9 Å². The van der Waals surface area contributed by atoms with Crippen LogP contribution in [-0.4, -0.2) is 85.4 Å². The van der Waals surface area contributed by atoms with Gasteiger partial charge in [0.2, 0.25) is 0 Å². The Morgan fingerprint density at radius 3 is 2.00 bits per heavy atom. The van der Waals surface area contributed by atoms with E-state index in [0.717, 1.165) is 0 Å². The number of halogens is 1. The lowest BCUT2D eigenvalue weighted by Crippen LogP contribution is -2.45. The molecule has 6 heteroatoms. The molecule has 0 aromatic rings. The van der Waals surface area contributed by atoms with Crippen LogP contribution in [0.25, 0.3) is 0 Å². The Morgan fingerprint density at radius 2 is 1.71 bits per heavy atom. The zero-order valence-corrected chi connectivity index (χ0v) is 18.9. The summed E-state index contributed by atoms with van der Waals surface area (Å²) in [6.07, 6.45) is 2.45. The summed E-state index contributed by atoms with van der Waals surface area (Å²) in [5.41, 5.74) is -2.16. The van der Waals surface area contributed by atoms with Crippen molar-refractivity contribution in [2.45, 2.75) is 57.8 Å². The van der Waals surface area contributed by atoms with Crippen molar-refractivity contribution in [3.63, 3.8) is 0 Å². The number of hydrogen-bond donors (Lipinski definition) is 0. The Kier molecular flexibility index (Phi) is 10.6. The third-order valence-electron chi connectivity index (χ3n) is 5.21. The minimum Gasteiger partial charge on any atom is -0.332 e. The maximum absolute atomic E-state index is 13.7. The second kappa shape index (κ2) is 11.3. The van der Waals surface area contributed by atoms with E-state index in [1.165, 1.54) is 4.90 Å². The fraction of sp³-hybridized carbons (Fsp3) is 0.727. The summed E-state index contributed by atoms with van der Waals surface area (Å²) in [7, 11) is 7.93. The van der Waals surface area contributed by atoms with Gasteiger partial charge in [0.15, 0.2) is 12.0 Å². The average Bonchev–Trinajstić information content (AvgIpc) is 2.60. The highest BCUT2D eigenvalue weighted by Gasteiger charge is 2.35. The number of likely N-dealkylation sites (N-methyl/N-ethyl adjacent to an activating group) is 1. The lowest BCUT2D eigenvalue weighted by molar-refractivity contribution is -0.131. The molecular weight excluding hydrogens is 357 g/mol. The third-order valence-corrected chi connectivity index (χ3v) is 5.21. The molecule has 1 rings (SSSR count). The SMILES string of the molecule is C=CC(C(C)C)N(C)C.CN(C)C(C)(C)C#CC(=O)N1CCC(F)(C=O)CC1. The Labute approximate surface area is 170 Å². The number of aldehydes is 1. The first-order valence-corrected chi connectivity index (χ1v) is 9.73. The maximum Gasteiger partial charge on any atom is 0.298 e. The minimum atomic E-state index is -1.77. The number of amides is 1. The van der Waals surface area contributed by atoms with Crippen molar-refractivity contribution in [2.24, 2.45) is 5.92 Å². The summed E-state index contributed by atoms with van der Waals surface area (Å²) in [5, 5.41) is 0. The summed E-state index contributed by atoms with van der Waals surface area (Å²) in [4.78, 5) is 28.1. The first-order chi connectivity index (χ1) is 12.8. The van der Waals surface area contributed by atoms with E-state index in [0.29, 0.717) is 18.2 Å². The molecule has 1 saturated heterocycles. The van der Waals surface area contributed by atoms with E-state index in [4.69, 9.17) is 0 Å². The zero-order chi connectivity index (χ0) is 22.1. The second-order valence-electron chi connectivity index (χ2n) is 8.58. The van der Waals surface area contributed by atoms with Gasteiger partial charge in [0, 0.05) is 32.0 Å². The number of carbonyl (C=O) groups excluding carboxylic acids is 2. The summed E-state index contributed by atoms with van der Waals surface area (Å²) in [6.45, 7) is 12.5. The average molecular weight is 396 g/mol. The normalized spacial score (nSPS) is 17.4. The van der Waals surface area contributed by atoms with E-state index in [9.17, 15) is 14.0 Å². The molecule has 1 atom stereocenters. The number of likely N-dealkylation sites (tertiary alicyclic amines) is 1. The van der Waals surface area contributed by atoms with E-state index in [-0.39, 0.29) is 31.8 Å². The molecule has 0 aromatic heterocycles. The van der Waals surface area contributed by atoms with E-state index < -0.39 is 11.2 Å². The highest BCUT2D eigenvalue weighted by Crippen LogP contribution is 2.24. The molecule has 5 nitrogen and oxygen atoms in total. The maximum atomic E-state index is 13.7. The second-order valence-corrected chi connectivity index (χ2v) is 8.58. The number of nitrogens with zero attached hydrogens (tertiary/aromatic N) is 3. The van der Waals surface area contributed by atoms with Crippen LogP contribution in [-0.2, 0) is 9.59 Å². The van der Waals surface area contributed by atoms with Gasteiger partial charge in [0.1, 0.15) is 0 Å². The van der Waals surface area contributed by atoms with Crippen LogP contribution in [0.1, 0.15) is 40.5 Å². The van der Waals surface area contributed by atoms with E-state index in [1.54, 1.807) is 0 Å². The molecule has 1 amide bonds. The lowest BCUT2D eigenvalue weighted by atomic mass is 9.95. The van der Waals surface area contributed by atoms with Crippen molar-refractivity contribution < 1.29 is 14.0 Å². The quantitative estimate of drug-likeness (QED) is 0.408. The smallest absolute Gasteiger partial charge is 0.298 e. The van der Waals surface area contributed by atoms with Crippen LogP contribution in [0.3, 0.4) is 0 Å². The van der Waals surface area contributed by atoms with Gasteiger partial charge in [-0.05, 0) is 53.9 Å². The van der Waals surface area contributed by atoms with Gasteiger partial charge in [-0.15, -0.1) is 6.58 Å². The highest BCUT2D eigenvalue weighted by molar-refractivity contribution is 5.94. The Balaban J connectivity index is 0.000000684. The van der Waals surface area contributed by atoms with Crippen LogP contribution >= 0.6 is 0 Å². The van der Waals surface area contributed by atoms with Crippen LogP contribution in [0, 0.1) is 17.8 Å². The first-order valence-electron chi connectivity index (χ1n) is 9.73. The summed E-state index contributed by atoms with van der Waals surface area (Å²) < 4.78 is 13.7. The van der Waals surface area contributed by atoms with Gasteiger partial charge < -0.3 is 9.80 Å². The zero-order valence-electron chi connectivity index (χ0n) is 18.9. The Bertz CT molecular complexity index is 572. The lowest BCUT2D eigenvalue weighted by Gasteiger charge is -2.32. The van der Waals surface area contributed by atoms with E-state index in [2.05, 4.69) is 51.3 Å². The first kappa shape index (κ1) is 26.3. The number of piperidine rings is 1. The van der Waals surface area contributed by atoms with Gasteiger partial charge >= 0.3 is 0 Å². The number of rotatable bonds is 5. The van der Waals surface area contributed by atoms with Crippen molar-refractivity contribution >= 4 is 12.2 Å². The fourth-order valence-corrected chi connectivity index (χ4v) is 2.68. The number of carbonyl (C=O) groups is 2. The molecular formula is C22H38FN3O2. The largest absolute Gasteiger partial charge is 0.332 e. The van der Waals surface area contributed by atoms with Crippen molar-refractivity contribution in [2.75, 3.05) is 41.3 Å². The molecule has 1 aliphatic rings.